The van der Waals surface area contributed by atoms with Crippen molar-refractivity contribution in [1.82, 2.24) is 5.01 Å². The molecular formula is C17H15ClFN3O3. The van der Waals surface area contributed by atoms with Gasteiger partial charge >= 0.3 is 5.97 Å². The van der Waals surface area contributed by atoms with Gasteiger partial charge in [-0.15, -0.1) is 0 Å². The number of nitrogens with zero attached hydrogens (tertiary/aromatic N) is 2. The maximum absolute atomic E-state index is 14.1. The normalized spacial score (nSPS) is 16.5. The number of anilines is 2. The van der Waals surface area contributed by atoms with E-state index in [2.05, 4.69) is 5.32 Å². The highest BCUT2D eigenvalue weighted by molar-refractivity contribution is 6.33. The zero-order valence-electron chi connectivity index (χ0n) is 13.5. The molecule has 2 aromatic rings. The number of rotatable bonds is 4. The van der Waals surface area contributed by atoms with Gasteiger partial charge in [-0.05, 0) is 6.07 Å². The highest BCUT2D eigenvalue weighted by Crippen LogP contribution is 2.40. The predicted octanol–water partition coefficient (Wildman–Crippen LogP) is 3.34. The molecule has 6 nitrogen and oxygen atoms in total. The number of carbonyl (C=O) groups excluding carboxylic acids is 2. The summed E-state index contributed by atoms with van der Waals surface area (Å²) < 4.78 is 18.9. The predicted molar refractivity (Wildman–Crippen MR) is 91.8 cm³/mol. The Kier molecular flexibility index (Phi) is 4.61. The summed E-state index contributed by atoms with van der Waals surface area (Å²) in [6, 6.07) is 9.74. The number of hydrogen-bond donors (Lipinski definition) is 1. The Bertz CT molecular complexity index is 846. The van der Waals surface area contributed by atoms with Gasteiger partial charge in [-0.1, -0.05) is 29.8 Å². The standard InChI is InChI=1S/C17H15ClFN3O3/c1-10(24)25-16-7-12(18)14(8-13(16)19)20-17-11-5-3-4-6-15(11)22(9-23)21(17)2/h3-9,17,20H,1-2H3. The van der Waals surface area contributed by atoms with Crippen molar-refractivity contribution >= 4 is 35.4 Å². The lowest BCUT2D eigenvalue weighted by Gasteiger charge is -2.27. The van der Waals surface area contributed by atoms with Gasteiger partial charge in [0.2, 0.25) is 6.41 Å². The number of para-hydroxylation sites is 1. The molecule has 0 aromatic heterocycles. The Hall–Kier alpha value is -2.64. The molecule has 8 heteroatoms. The minimum absolute atomic E-state index is 0.188. The molecule has 1 N–H and O–H groups in total. The molecular weight excluding hydrogens is 349 g/mol. The maximum atomic E-state index is 14.1. The molecule has 3 rings (SSSR count). The average molecular weight is 364 g/mol. The van der Waals surface area contributed by atoms with Crippen molar-refractivity contribution in [2.75, 3.05) is 17.4 Å². The third-order valence-corrected chi connectivity index (χ3v) is 4.17. The first-order chi connectivity index (χ1) is 11.9. The van der Waals surface area contributed by atoms with Gasteiger partial charge < -0.3 is 10.1 Å². The monoisotopic (exact) mass is 363 g/mol. The molecule has 0 saturated heterocycles. The zero-order valence-corrected chi connectivity index (χ0v) is 14.2. The van der Waals surface area contributed by atoms with Gasteiger partial charge in [-0.2, -0.15) is 5.01 Å². The molecule has 0 spiro atoms. The van der Waals surface area contributed by atoms with Gasteiger partial charge in [0.25, 0.3) is 0 Å². The number of benzene rings is 2. The summed E-state index contributed by atoms with van der Waals surface area (Å²) in [6.45, 7) is 1.18. The summed E-state index contributed by atoms with van der Waals surface area (Å²) >= 11 is 6.19. The molecule has 0 radical (unpaired) electrons. The second kappa shape index (κ2) is 6.70. The summed E-state index contributed by atoms with van der Waals surface area (Å²) in [4.78, 5) is 22.4. The van der Waals surface area contributed by atoms with Crippen LogP contribution < -0.4 is 15.1 Å². The van der Waals surface area contributed by atoms with Crippen LogP contribution >= 0.6 is 11.6 Å². The molecule has 25 heavy (non-hydrogen) atoms. The first-order valence-corrected chi connectivity index (χ1v) is 7.80. The lowest BCUT2D eigenvalue weighted by molar-refractivity contribution is -0.132. The Morgan fingerprint density at radius 3 is 2.76 bits per heavy atom. The van der Waals surface area contributed by atoms with E-state index in [-0.39, 0.29) is 10.8 Å². The lowest BCUT2D eigenvalue weighted by Crippen LogP contribution is -2.38. The number of carbonyl (C=O) groups is 2. The molecule has 1 aliphatic rings. The van der Waals surface area contributed by atoms with Crippen molar-refractivity contribution in [2.45, 2.75) is 13.1 Å². The van der Waals surface area contributed by atoms with Gasteiger partial charge in [0, 0.05) is 31.7 Å². The number of hydrogen-bond acceptors (Lipinski definition) is 5. The fourth-order valence-electron chi connectivity index (χ4n) is 2.74. The van der Waals surface area contributed by atoms with E-state index in [1.807, 2.05) is 24.3 Å². The Morgan fingerprint density at radius 2 is 2.08 bits per heavy atom. The van der Waals surface area contributed by atoms with Crippen LogP contribution in [-0.4, -0.2) is 24.4 Å². The number of nitrogens with one attached hydrogen (secondary N) is 1. The van der Waals surface area contributed by atoms with Gasteiger partial charge in [0.1, 0.15) is 6.17 Å². The van der Waals surface area contributed by atoms with Crippen molar-refractivity contribution in [3.05, 3.63) is 52.8 Å². The third kappa shape index (κ3) is 3.16. The van der Waals surface area contributed by atoms with Crippen molar-refractivity contribution in [3.8, 4) is 5.75 Å². The van der Waals surface area contributed by atoms with Gasteiger partial charge in [-0.25, -0.2) is 9.40 Å². The molecule has 1 atom stereocenters. The summed E-state index contributed by atoms with van der Waals surface area (Å²) in [5, 5.41) is 6.42. The van der Waals surface area contributed by atoms with Crippen LogP contribution in [0.1, 0.15) is 18.7 Å². The fraction of sp³-hybridized carbons (Fsp3) is 0.176. The lowest BCUT2D eigenvalue weighted by atomic mass is 10.1. The first-order valence-electron chi connectivity index (χ1n) is 7.42. The number of fused-ring (bicyclic) bond motifs is 1. The SMILES string of the molecule is CC(=O)Oc1cc(Cl)c(NC2c3ccccc3N(C=O)N2C)cc1F. The van der Waals surface area contributed by atoms with Crippen molar-refractivity contribution in [3.63, 3.8) is 0 Å². The van der Waals surface area contributed by atoms with Gasteiger partial charge in [0.15, 0.2) is 11.6 Å². The zero-order chi connectivity index (χ0) is 18.1. The topological polar surface area (TPSA) is 61.9 Å². The number of ether oxygens (including phenoxy) is 1. The molecule has 1 heterocycles. The number of amides is 1. The van der Waals surface area contributed by atoms with E-state index in [0.717, 1.165) is 17.3 Å². The highest BCUT2D eigenvalue weighted by atomic mass is 35.5. The van der Waals surface area contributed by atoms with Crippen LogP contribution in [0.25, 0.3) is 0 Å². The average Bonchev–Trinajstić information content (AvgIpc) is 2.83. The number of esters is 1. The van der Waals surface area contributed by atoms with Crippen LogP contribution in [0.5, 0.6) is 5.75 Å². The van der Waals surface area contributed by atoms with E-state index in [4.69, 9.17) is 16.3 Å². The third-order valence-electron chi connectivity index (χ3n) is 3.86. The van der Waals surface area contributed by atoms with E-state index >= 15 is 0 Å². The van der Waals surface area contributed by atoms with Crippen LogP contribution in [-0.2, 0) is 9.59 Å². The minimum atomic E-state index is -0.719. The summed E-state index contributed by atoms with van der Waals surface area (Å²) in [7, 11) is 1.73. The van der Waals surface area contributed by atoms with E-state index in [9.17, 15) is 14.0 Å². The first kappa shape index (κ1) is 17.2. The Labute approximate surface area is 148 Å². The summed E-state index contributed by atoms with van der Waals surface area (Å²) in [6.07, 6.45) is 0.282. The van der Waals surface area contributed by atoms with Crippen molar-refractivity contribution in [1.29, 1.82) is 0 Å². The number of hydrazine groups is 1. The van der Waals surface area contributed by atoms with Crippen LogP contribution in [0.15, 0.2) is 36.4 Å². The van der Waals surface area contributed by atoms with E-state index in [1.54, 1.807) is 12.1 Å². The highest BCUT2D eigenvalue weighted by Gasteiger charge is 2.34. The smallest absolute Gasteiger partial charge is 0.308 e. The fourth-order valence-corrected chi connectivity index (χ4v) is 2.95. The molecule has 1 unspecified atom stereocenters. The van der Waals surface area contributed by atoms with Gasteiger partial charge in [-0.3, -0.25) is 9.59 Å². The molecule has 1 aliphatic heterocycles. The molecule has 0 fully saturated rings. The van der Waals surface area contributed by atoms with E-state index < -0.39 is 18.0 Å². The second-order valence-electron chi connectivity index (χ2n) is 5.49. The quantitative estimate of drug-likeness (QED) is 0.513. The van der Waals surface area contributed by atoms with Crippen molar-refractivity contribution in [2.24, 2.45) is 0 Å². The van der Waals surface area contributed by atoms with Crippen LogP contribution in [0.3, 0.4) is 0 Å². The minimum Gasteiger partial charge on any atom is -0.424 e. The molecule has 0 bridgehead atoms. The molecule has 0 aliphatic carbocycles. The van der Waals surface area contributed by atoms with E-state index in [1.165, 1.54) is 18.0 Å². The largest absolute Gasteiger partial charge is 0.424 e. The van der Waals surface area contributed by atoms with Crippen LogP contribution in [0.2, 0.25) is 5.02 Å². The molecule has 2 aromatic carbocycles. The van der Waals surface area contributed by atoms with Crippen LogP contribution in [0.4, 0.5) is 15.8 Å². The molecule has 130 valence electrons. The van der Waals surface area contributed by atoms with Crippen LogP contribution in [0, 0.1) is 5.82 Å². The van der Waals surface area contributed by atoms with Crippen molar-refractivity contribution < 1.29 is 18.7 Å². The summed E-state index contributed by atoms with van der Waals surface area (Å²) in [5.41, 5.74) is 1.89. The van der Waals surface area contributed by atoms with Gasteiger partial charge in [0.05, 0.1) is 16.4 Å². The Morgan fingerprint density at radius 1 is 1.36 bits per heavy atom. The maximum Gasteiger partial charge on any atom is 0.308 e. The van der Waals surface area contributed by atoms with E-state index in [0.29, 0.717) is 12.1 Å². The second-order valence-corrected chi connectivity index (χ2v) is 5.89. The Balaban J connectivity index is 1.94. The number of halogens is 2. The molecule has 1 amide bonds. The molecule has 0 saturated carbocycles. The summed E-state index contributed by atoms with van der Waals surface area (Å²) in [5.74, 6) is -1.59.